The summed E-state index contributed by atoms with van der Waals surface area (Å²) >= 11 is 0. The molecule has 0 radical (unpaired) electrons. The van der Waals surface area contributed by atoms with Crippen molar-refractivity contribution in [1.82, 2.24) is 10.2 Å². The first-order valence-electron chi connectivity index (χ1n) is 4.49. The Kier molecular flexibility index (Phi) is 3.36. The lowest BCUT2D eigenvalue weighted by atomic mass is 10.2. The minimum Gasteiger partial charge on any atom is -0.312 e. The van der Waals surface area contributed by atoms with E-state index in [2.05, 4.69) is 5.32 Å². The smallest absolute Gasteiger partial charge is 0.312 e. The summed E-state index contributed by atoms with van der Waals surface area (Å²) in [6, 6.07) is -0.222. The van der Waals surface area contributed by atoms with Crippen LogP contribution in [-0.4, -0.2) is 36.2 Å². The molecule has 1 rings (SSSR count). The van der Waals surface area contributed by atoms with Crippen molar-refractivity contribution in [2.45, 2.75) is 32.1 Å². The highest BCUT2D eigenvalue weighted by atomic mass is 19.4. The molecule has 0 unspecified atom stereocenters. The molecule has 0 saturated carbocycles. The summed E-state index contributed by atoms with van der Waals surface area (Å²) in [5.41, 5.74) is 0. The number of amides is 1. The van der Waals surface area contributed by atoms with Crippen molar-refractivity contribution < 1.29 is 18.0 Å². The molecular formula is C8H13F3N2O. The van der Waals surface area contributed by atoms with E-state index >= 15 is 0 Å². The zero-order chi connectivity index (χ0) is 10.8. The van der Waals surface area contributed by atoms with Gasteiger partial charge in [0.25, 0.3) is 0 Å². The monoisotopic (exact) mass is 210 g/mol. The Labute approximate surface area is 80.3 Å². The molecular weight excluding hydrogens is 197 g/mol. The molecule has 1 atom stereocenters. The van der Waals surface area contributed by atoms with Crippen LogP contribution in [0.1, 0.15) is 19.8 Å². The molecule has 14 heavy (non-hydrogen) atoms. The highest BCUT2D eigenvalue weighted by Gasteiger charge is 2.40. The first-order valence-corrected chi connectivity index (χ1v) is 4.49. The normalized spacial score (nSPS) is 22.4. The van der Waals surface area contributed by atoms with E-state index in [1.165, 1.54) is 0 Å². The van der Waals surface area contributed by atoms with Gasteiger partial charge < -0.3 is 5.32 Å². The van der Waals surface area contributed by atoms with Gasteiger partial charge in [0.05, 0.1) is 0 Å². The van der Waals surface area contributed by atoms with Gasteiger partial charge in [-0.2, -0.15) is 0 Å². The Balaban J connectivity index is 2.55. The summed E-state index contributed by atoms with van der Waals surface area (Å²) in [5.74, 6) is -0.953. The Bertz CT molecular complexity index is 211. The Morgan fingerprint density at radius 3 is 2.57 bits per heavy atom. The van der Waals surface area contributed by atoms with Crippen LogP contribution in [0, 0.1) is 0 Å². The van der Waals surface area contributed by atoms with E-state index in [-0.39, 0.29) is 17.5 Å². The second-order valence-corrected chi connectivity index (χ2v) is 3.39. The number of hydrogen-bond acceptors (Lipinski definition) is 2. The van der Waals surface area contributed by atoms with Crippen LogP contribution in [0.25, 0.3) is 0 Å². The Hall–Kier alpha value is -0.780. The zero-order valence-corrected chi connectivity index (χ0v) is 7.90. The predicted octanol–water partition coefficient (Wildman–Crippen LogP) is 1.11. The SMILES string of the molecule is CC(=O)N(C[C@H]1CCCN1)C(F)(F)F. The van der Waals surface area contributed by atoms with Crippen LogP contribution in [0.15, 0.2) is 0 Å². The van der Waals surface area contributed by atoms with Crippen molar-refractivity contribution >= 4 is 5.91 Å². The van der Waals surface area contributed by atoms with Gasteiger partial charge in [-0.3, -0.25) is 9.69 Å². The largest absolute Gasteiger partial charge is 0.487 e. The molecule has 1 heterocycles. The molecule has 1 fully saturated rings. The summed E-state index contributed by atoms with van der Waals surface area (Å²) < 4.78 is 36.9. The summed E-state index contributed by atoms with van der Waals surface area (Å²) in [5, 5.41) is 2.92. The number of rotatable bonds is 2. The molecule has 1 amide bonds. The lowest BCUT2D eigenvalue weighted by Crippen LogP contribution is -2.47. The van der Waals surface area contributed by atoms with Crippen LogP contribution in [0.3, 0.4) is 0 Å². The van der Waals surface area contributed by atoms with Gasteiger partial charge in [0.1, 0.15) is 0 Å². The van der Waals surface area contributed by atoms with Crippen molar-refractivity contribution in [3.63, 3.8) is 0 Å². The fourth-order valence-electron chi connectivity index (χ4n) is 1.54. The lowest BCUT2D eigenvalue weighted by Gasteiger charge is -2.26. The van der Waals surface area contributed by atoms with Crippen molar-refractivity contribution in [2.24, 2.45) is 0 Å². The molecule has 3 nitrogen and oxygen atoms in total. The highest BCUT2D eigenvalue weighted by Crippen LogP contribution is 2.22. The predicted molar refractivity (Wildman–Crippen MR) is 44.5 cm³/mol. The van der Waals surface area contributed by atoms with Crippen molar-refractivity contribution in [3.8, 4) is 0 Å². The number of hydrogen-bond donors (Lipinski definition) is 1. The third-order valence-corrected chi connectivity index (χ3v) is 2.25. The Morgan fingerprint density at radius 1 is 1.57 bits per heavy atom. The first kappa shape index (κ1) is 11.3. The van der Waals surface area contributed by atoms with Crippen molar-refractivity contribution in [2.75, 3.05) is 13.1 Å². The third kappa shape index (κ3) is 2.87. The maximum absolute atomic E-state index is 12.3. The van der Waals surface area contributed by atoms with Gasteiger partial charge in [-0.15, -0.1) is 13.2 Å². The molecule has 1 saturated heterocycles. The summed E-state index contributed by atoms with van der Waals surface area (Å²) in [6.45, 7) is 1.38. The highest BCUT2D eigenvalue weighted by molar-refractivity contribution is 5.73. The van der Waals surface area contributed by atoms with Crippen LogP contribution in [0.2, 0.25) is 0 Å². The molecule has 0 aromatic rings. The van der Waals surface area contributed by atoms with Crippen molar-refractivity contribution in [3.05, 3.63) is 0 Å². The molecule has 0 aromatic carbocycles. The van der Waals surface area contributed by atoms with E-state index in [0.29, 0.717) is 6.42 Å². The number of halogens is 3. The molecule has 0 spiro atoms. The minimum absolute atomic E-state index is 0.0456. The molecule has 1 aliphatic heterocycles. The number of carbonyl (C=O) groups excluding carboxylic acids is 1. The zero-order valence-electron chi connectivity index (χ0n) is 7.90. The standard InChI is InChI=1S/C8H13F3N2O/c1-6(14)13(8(9,10)11)5-7-3-2-4-12-7/h7,12H,2-5H2,1H3/t7-/m1/s1. The quantitative estimate of drug-likeness (QED) is 0.692. The lowest BCUT2D eigenvalue weighted by molar-refractivity contribution is -0.240. The molecule has 6 heteroatoms. The summed E-state index contributed by atoms with van der Waals surface area (Å²) in [7, 11) is 0. The van der Waals surface area contributed by atoms with Crippen LogP contribution >= 0.6 is 0 Å². The number of carbonyl (C=O) groups is 1. The third-order valence-electron chi connectivity index (χ3n) is 2.25. The van der Waals surface area contributed by atoms with Gasteiger partial charge in [0.15, 0.2) is 0 Å². The fourth-order valence-corrected chi connectivity index (χ4v) is 1.54. The Morgan fingerprint density at radius 2 is 2.21 bits per heavy atom. The van der Waals surface area contributed by atoms with Crippen LogP contribution in [0.5, 0.6) is 0 Å². The van der Waals surface area contributed by atoms with E-state index in [0.717, 1.165) is 19.9 Å². The maximum atomic E-state index is 12.3. The topological polar surface area (TPSA) is 32.3 Å². The molecule has 1 N–H and O–H groups in total. The van der Waals surface area contributed by atoms with Gasteiger partial charge in [-0.1, -0.05) is 0 Å². The van der Waals surface area contributed by atoms with E-state index in [4.69, 9.17) is 0 Å². The number of nitrogens with one attached hydrogen (secondary N) is 1. The van der Waals surface area contributed by atoms with E-state index in [1.54, 1.807) is 0 Å². The minimum atomic E-state index is -4.56. The number of nitrogens with zero attached hydrogens (tertiary/aromatic N) is 1. The second-order valence-electron chi connectivity index (χ2n) is 3.39. The van der Waals surface area contributed by atoms with Crippen LogP contribution in [0.4, 0.5) is 13.2 Å². The maximum Gasteiger partial charge on any atom is 0.487 e. The van der Waals surface area contributed by atoms with Crippen molar-refractivity contribution in [1.29, 1.82) is 0 Å². The molecule has 0 aromatic heterocycles. The van der Waals surface area contributed by atoms with Crippen LogP contribution < -0.4 is 5.32 Å². The molecule has 82 valence electrons. The van der Waals surface area contributed by atoms with Gasteiger partial charge in [-0.25, -0.2) is 0 Å². The van der Waals surface area contributed by atoms with E-state index in [1.807, 2.05) is 0 Å². The van der Waals surface area contributed by atoms with Gasteiger partial charge >= 0.3 is 6.30 Å². The van der Waals surface area contributed by atoms with Crippen LogP contribution in [-0.2, 0) is 4.79 Å². The fraction of sp³-hybridized carbons (Fsp3) is 0.875. The summed E-state index contributed by atoms with van der Waals surface area (Å²) in [6.07, 6.45) is -3.00. The summed E-state index contributed by atoms with van der Waals surface area (Å²) in [4.78, 5) is 10.7. The van der Waals surface area contributed by atoms with E-state index < -0.39 is 12.2 Å². The molecule has 0 aliphatic carbocycles. The van der Waals surface area contributed by atoms with E-state index in [9.17, 15) is 18.0 Å². The average Bonchev–Trinajstić information content (AvgIpc) is 2.48. The first-order chi connectivity index (χ1) is 6.41. The molecule has 0 bridgehead atoms. The molecule has 1 aliphatic rings. The van der Waals surface area contributed by atoms with Gasteiger partial charge in [0.2, 0.25) is 5.91 Å². The van der Waals surface area contributed by atoms with Gasteiger partial charge in [0, 0.05) is 19.5 Å². The number of alkyl halides is 3. The second kappa shape index (κ2) is 4.16. The van der Waals surface area contributed by atoms with Gasteiger partial charge in [-0.05, 0) is 19.4 Å². The average molecular weight is 210 g/mol.